The van der Waals surface area contributed by atoms with Crippen molar-refractivity contribution in [2.24, 2.45) is 5.41 Å². The number of rotatable bonds is 10. The first-order valence-electron chi connectivity index (χ1n) is 16.5. The Bertz CT molecular complexity index is 1920. The molecule has 0 radical (unpaired) electrons. The van der Waals surface area contributed by atoms with E-state index in [4.69, 9.17) is 4.74 Å². The molecule has 49 heavy (non-hydrogen) atoms. The summed E-state index contributed by atoms with van der Waals surface area (Å²) >= 11 is 1.72. The van der Waals surface area contributed by atoms with Crippen LogP contribution in [-0.2, 0) is 24.0 Å². The lowest BCUT2D eigenvalue weighted by molar-refractivity contribution is -0.150. The number of carbonyl (C=O) groups is 1. The number of alkyl halides is 3. The SMILES string of the molecule is Cc1ccc(COc2ccc3[nH]c(C(Cc4ccc(-c5ccc(C(F)(F)F)cn5)cc4)C4(C(=O)O)CCCC4)c(SC(C)(C)C)c3c2)nc1. The van der Waals surface area contributed by atoms with Crippen LogP contribution in [0.15, 0.2) is 84.0 Å². The molecule has 6 rings (SSSR count). The van der Waals surface area contributed by atoms with Gasteiger partial charge in [0.1, 0.15) is 12.4 Å². The molecule has 0 saturated heterocycles. The molecular weight excluding hydrogens is 648 g/mol. The van der Waals surface area contributed by atoms with Gasteiger partial charge in [-0.15, -0.1) is 11.8 Å². The van der Waals surface area contributed by atoms with Gasteiger partial charge < -0.3 is 14.8 Å². The zero-order chi connectivity index (χ0) is 35.0. The Hall–Kier alpha value is -4.31. The average molecular weight is 688 g/mol. The Morgan fingerprint density at radius 1 is 0.980 bits per heavy atom. The number of aromatic nitrogens is 3. The molecule has 0 bridgehead atoms. The second-order valence-electron chi connectivity index (χ2n) is 14.0. The van der Waals surface area contributed by atoms with E-state index in [-0.39, 0.29) is 10.7 Å². The first-order chi connectivity index (χ1) is 23.2. The molecule has 1 aliphatic carbocycles. The number of hydrogen-bond acceptors (Lipinski definition) is 5. The Morgan fingerprint density at radius 2 is 1.71 bits per heavy atom. The van der Waals surface area contributed by atoms with Crippen LogP contribution in [0.2, 0.25) is 0 Å². The monoisotopic (exact) mass is 687 g/mol. The van der Waals surface area contributed by atoms with Crippen LogP contribution in [0.1, 0.15) is 80.5 Å². The number of carboxylic acid groups (broad SMARTS) is 1. The molecule has 256 valence electrons. The van der Waals surface area contributed by atoms with Gasteiger partial charge >= 0.3 is 12.1 Å². The summed E-state index contributed by atoms with van der Waals surface area (Å²) in [5.74, 6) is -0.449. The van der Waals surface area contributed by atoms with Crippen molar-refractivity contribution in [1.82, 2.24) is 15.0 Å². The lowest BCUT2D eigenvalue weighted by Crippen LogP contribution is -2.36. The highest BCUT2D eigenvalue weighted by Crippen LogP contribution is 2.54. The fourth-order valence-corrected chi connectivity index (χ4v) is 7.92. The maximum absolute atomic E-state index is 13.2. The number of aliphatic carboxylic acids is 1. The van der Waals surface area contributed by atoms with Gasteiger partial charge in [0.05, 0.1) is 22.4 Å². The van der Waals surface area contributed by atoms with E-state index >= 15 is 0 Å². The number of aryl methyl sites for hydroxylation is 1. The van der Waals surface area contributed by atoms with Crippen molar-refractivity contribution < 1.29 is 27.8 Å². The number of fused-ring (bicyclic) bond motifs is 1. The van der Waals surface area contributed by atoms with Gasteiger partial charge in [0.25, 0.3) is 0 Å². The summed E-state index contributed by atoms with van der Waals surface area (Å²) in [6.07, 6.45) is 1.52. The number of pyridine rings is 2. The maximum Gasteiger partial charge on any atom is 0.417 e. The van der Waals surface area contributed by atoms with Crippen molar-refractivity contribution in [3.05, 3.63) is 107 Å². The summed E-state index contributed by atoms with van der Waals surface area (Å²) in [6.45, 7) is 8.76. The smallest absolute Gasteiger partial charge is 0.417 e. The fourth-order valence-electron chi connectivity index (χ4n) is 6.73. The summed E-state index contributed by atoms with van der Waals surface area (Å²) in [4.78, 5) is 26.4. The van der Waals surface area contributed by atoms with Gasteiger partial charge in [0.15, 0.2) is 0 Å². The van der Waals surface area contributed by atoms with Gasteiger partial charge in [-0.25, -0.2) is 0 Å². The topological polar surface area (TPSA) is 88.1 Å². The van der Waals surface area contributed by atoms with Gasteiger partial charge in [-0.2, -0.15) is 13.2 Å². The molecule has 3 heterocycles. The molecule has 1 fully saturated rings. The van der Waals surface area contributed by atoms with Crippen LogP contribution < -0.4 is 4.74 Å². The van der Waals surface area contributed by atoms with Crippen molar-refractivity contribution in [3.8, 4) is 17.0 Å². The van der Waals surface area contributed by atoms with Crippen LogP contribution in [0.25, 0.3) is 22.2 Å². The molecule has 6 nitrogen and oxygen atoms in total. The highest BCUT2D eigenvalue weighted by Gasteiger charge is 2.50. The van der Waals surface area contributed by atoms with Gasteiger partial charge in [-0.1, -0.05) is 63.9 Å². The van der Waals surface area contributed by atoms with Gasteiger partial charge in [-0.3, -0.25) is 14.8 Å². The summed E-state index contributed by atoms with van der Waals surface area (Å²) in [6, 6.07) is 19.8. The molecule has 1 unspecified atom stereocenters. The Morgan fingerprint density at radius 3 is 2.31 bits per heavy atom. The molecule has 0 spiro atoms. The van der Waals surface area contributed by atoms with E-state index in [1.54, 1.807) is 11.8 Å². The van der Waals surface area contributed by atoms with Crippen molar-refractivity contribution in [3.63, 3.8) is 0 Å². The van der Waals surface area contributed by atoms with Gasteiger partial charge in [-0.05, 0) is 73.7 Å². The minimum absolute atomic E-state index is 0.167. The van der Waals surface area contributed by atoms with Crippen molar-refractivity contribution in [2.45, 2.75) is 88.1 Å². The number of hydrogen-bond donors (Lipinski definition) is 2. The summed E-state index contributed by atoms with van der Waals surface area (Å²) in [5.41, 5.74) is 4.03. The van der Waals surface area contributed by atoms with Crippen LogP contribution in [0.3, 0.4) is 0 Å². The van der Waals surface area contributed by atoms with Crippen LogP contribution >= 0.6 is 11.8 Å². The number of carboxylic acids is 1. The zero-order valence-corrected chi connectivity index (χ0v) is 28.8. The number of thioether (sulfide) groups is 1. The largest absolute Gasteiger partial charge is 0.487 e. The number of halogens is 3. The first kappa shape index (κ1) is 34.5. The van der Waals surface area contributed by atoms with E-state index in [1.807, 2.05) is 67.7 Å². The highest BCUT2D eigenvalue weighted by molar-refractivity contribution is 8.00. The average Bonchev–Trinajstić information content (AvgIpc) is 3.69. The summed E-state index contributed by atoms with van der Waals surface area (Å²) in [5, 5.41) is 11.8. The van der Waals surface area contributed by atoms with Crippen LogP contribution in [0.5, 0.6) is 5.75 Å². The predicted molar refractivity (Wildman–Crippen MR) is 187 cm³/mol. The molecule has 5 aromatic rings. The van der Waals surface area contributed by atoms with E-state index in [2.05, 4.69) is 35.7 Å². The van der Waals surface area contributed by atoms with E-state index in [0.29, 0.717) is 42.9 Å². The van der Waals surface area contributed by atoms with Crippen LogP contribution in [0, 0.1) is 12.3 Å². The van der Waals surface area contributed by atoms with Crippen LogP contribution in [-0.4, -0.2) is 30.8 Å². The van der Waals surface area contributed by atoms with E-state index < -0.39 is 23.1 Å². The summed E-state index contributed by atoms with van der Waals surface area (Å²) in [7, 11) is 0. The zero-order valence-electron chi connectivity index (χ0n) is 28.0. The van der Waals surface area contributed by atoms with Crippen molar-refractivity contribution in [2.75, 3.05) is 0 Å². The van der Waals surface area contributed by atoms with Crippen LogP contribution in [0.4, 0.5) is 13.2 Å². The summed E-state index contributed by atoms with van der Waals surface area (Å²) < 4.78 is 45.2. The van der Waals surface area contributed by atoms with E-state index in [9.17, 15) is 23.1 Å². The number of nitrogens with one attached hydrogen (secondary N) is 1. The standard InChI is InChI=1S/C39H40F3N3O3S/c1-24-7-13-28(43-21-24)23-48-29-14-16-33-30(20-29)35(49-37(2,3)4)34(45-33)31(38(36(46)47)17-5-6-18-38)19-25-8-10-26(11-9-25)32-15-12-27(22-44-32)39(40,41)42/h7-16,20-22,31,45H,5-6,17-19,23H2,1-4H3,(H,46,47). The maximum atomic E-state index is 13.2. The molecule has 0 aliphatic heterocycles. The number of aromatic amines is 1. The normalized spacial score (nSPS) is 15.4. The highest BCUT2D eigenvalue weighted by atomic mass is 32.2. The second-order valence-corrected chi connectivity index (χ2v) is 15.8. The third kappa shape index (κ3) is 7.64. The third-order valence-electron chi connectivity index (χ3n) is 9.23. The number of nitrogens with zero attached hydrogens (tertiary/aromatic N) is 2. The molecule has 3 aromatic heterocycles. The molecule has 0 amide bonds. The Balaban J connectivity index is 1.38. The molecule has 2 aromatic carbocycles. The minimum Gasteiger partial charge on any atom is -0.487 e. The fraction of sp³-hybridized carbons (Fsp3) is 0.359. The molecule has 1 saturated carbocycles. The van der Waals surface area contributed by atoms with Crippen molar-refractivity contribution >= 4 is 28.6 Å². The van der Waals surface area contributed by atoms with E-state index in [0.717, 1.165) is 63.4 Å². The first-order valence-corrected chi connectivity index (χ1v) is 17.3. The number of benzene rings is 2. The van der Waals surface area contributed by atoms with Crippen molar-refractivity contribution in [1.29, 1.82) is 0 Å². The second kappa shape index (κ2) is 13.5. The lowest BCUT2D eigenvalue weighted by atomic mass is 9.69. The molecule has 10 heteroatoms. The molecular formula is C39H40F3N3O3S. The van der Waals surface area contributed by atoms with E-state index in [1.165, 1.54) is 6.07 Å². The Labute approximate surface area is 288 Å². The molecule has 1 atom stereocenters. The predicted octanol–water partition coefficient (Wildman–Crippen LogP) is 10.4. The Kier molecular flexibility index (Phi) is 9.55. The third-order valence-corrected chi connectivity index (χ3v) is 10.5. The minimum atomic E-state index is -4.45. The van der Waals surface area contributed by atoms with Gasteiger partial charge in [0, 0.05) is 50.1 Å². The quantitative estimate of drug-likeness (QED) is 0.142. The number of H-pyrrole nitrogens is 1. The van der Waals surface area contributed by atoms with Gasteiger partial charge in [0.2, 0.25) is 0 Å². The molecule has 2 N–H and O–H groups in total. The number of ether oxygens (including phenoxy) is 1. The molecule has 1 aliphatic rings. The lowest BCUT2D eigenvalue weighted by Gasteiger charge is -2.35.